The third-order valence-corrected chi connectivity index (χ3v) is 21.6. The predicted molar refractivity (Wildman–Crippen MR) is 470 cm³/mol. The van der Waals surface area contributed by atoms with E-state index in [2.05, 4.69) is 459 Å². The van der Waals surface area contributed by atoms with E-state index in [0.29, 0.717) is 0 Å². The van der Waals surface area contributed by atoms with Crippen LogP contribution in [0.2, 0.25) is 0 Å². The van der Waals surface area contributed by atoms with E-state index in [9.17, 15) is 0 Å². The minimum Gasteiger partial charge on any atom is -0.350 e. The van der Waals surface area contributed by atoms with E-state index in [0.717, 1.165) is 65.4 Å². The molecule has 10 aliphatic heterocycles. The zero-order valence-corrected chi connectivity index (χ0v) is 67.0. The van der Waals surface area contributed by atoms with E-state index in [1.54, 1.807) is 0 Å². The van der Waals surface area contributed by atoms with Gasteiger partial charge < -0.3 is 49.0 Å². The standard InChI is InChI=1S/C104H102N10/c1-77-49-78(2)53-85(52-77)67-105-29-9-95(10-30-105)98-15-35-108(36-16-98)70-88-58-83(7)60-90(62-88)72-110-39-19-100(20-40-110)103-25-45-113(46-26-103)75-93-64-92(74-112-43-23-102(24-44-112)97-13-33-107(34-14-97)69-87-56-81(5)51-82(6)57-87)65-94(66-93)76-114-47-27-104(28-48-114)101-21-41-111(42-22-101)73-91-61-84(8)59-89(63-91)71-109-37-17-99(18-38-109)96-11-31-106(32-12-96)68-86-54-79(3)50-80(4)55-86/h9-66H,67-76H2,1-8H3. The number of benzene rings is 6. The van der Waals surface area contributed by atoms with E-state index < -0.39 is 0 Å². The fourth-order valence-corrected chi connectivity index (χ4v) is 16.5. The molecular weight excluding hydrogens is 1390 g/mol. The monoisotopic (exact) mass is 1490 g/mol. The van der Waals surface area contributed by atoms with Crippen LogP contribution in [-0.4, -0.2) is 49.0 Å². The van der Waals surface area contributed by atoms with Crippen LogP contribution in [0.1, 0.15) is 100 Å². The van der Waals surface area contributed by atoms with Crippen LogP contribution in [0.4, 0.5) is 0 Å². The van der Waals surface area contributed by atoms with Crippen molar-refractivity contribution in [2.75, 3.05) is 0 Å². The highest BCUT2D eigenvalue weighted by Gasteiger charge is 2.19. The summed E-state index contributed by atoms with van der Waals surface area (Å²) in [6.07, 6.45) is 88.8. The van der Waals surface area contributed by atoms with E-state index >= 15 is 0 Å². The summed E-state index contributed by atoms with van der Waals surface area (Å²) in [5.74, 6) is 0. The Morgan fingerprint density at radius 2 is 0.211 bits per heavy atom. The van der Waals surface area contributed by atoms with Crippen LogP contribution in [0.25, 0.3) is 0 Å². The zero-order chi connectivity index (χ0) is 78.0. The van der Waals surface area contributed by atoms with Gasteiger partial charge in [-0.25, -0.2) is 0 Å². The maximum Gasteiger partial charge on any atom is 0.0470 e. The van der Waals surface area contributed by atoms with Gasteiger partial charge >= 0.3 is 0 Å². The average molecular weight is 1490 g/mol. The highest BCUT2D eigenvalue weighted by atomic mass is 15.1. The minimum absolute atomic E-state index is 0.741. The highest BCUT2D eigenvalue weighted by Crippen LogP contribution is 2.32. The molecule has 0 spiro atoms. The fourth-order valence-electron chi connectivity index (χ4n) is 16.5. The second-order valence-corrected chi connectivity index (χ2v) is 31.9. The molecular formula is C104H102N10. The molecule has 0 fully saturated rings. The van der Waals surface area contributed by atoms with Gasteiger partial charge in [0.15, 0.2) is 0 Å². The molecule has 10 heteroatoms. The third kappa shape index (κ3) is 19.7. The molecule has 10 heterocycles. The van der Waals surface area contributed by atoms with Gasteiger partial charge in [-0.3, -0.25) is 0 Å². The van der Waals surface area contributed by atoms with Crippen molar-refractivity contribution in [2.45, 2.75) is 121 Å². The SMILES string of the molecule is Cc1cc(C)cc(CN2C=CC(=C3C=CN(Cc4cc(C)cc(CN5C=CC(=C6C=CN(Cc7cc(CN8C=CC(=C9C=CN(Cc%10cc(C)cc(C)c%10)C=C9)C=C8)cc(CN8C=CC(=C9C=CN(Cc%10cc(C)cc(CN%11C=CC(=C%12C=CN(Cc%13cc(C)cc(C)c%13)C=C%12)C=C%11)c%10)C=C9)C=C8)c7)C=C6)C=C5)c4)C=C3)C=C2)c1. The summed E-state index contributed by atoms with van der Waals surface area (Å²) < 4.78 is 0. The number of rotatable bonds is 20. The van der Waals surface area contributed by atoms with Crippen LogP contribution in [0.5, 0.6) is 0 Å². The normalized spacial score (nSPS) is 17.3. The zero-order valence-electron chi connectivity index (χ0n) is 67.0. The molecule has 0 atom stereocenters. The molecule has 0 saturated heterocycles. The first-order valence-electron chi connectivity index (χ1n) is 39.9. The molecule has 0 bridgehead atoms. The maximum atomic E-state index is 2.38. The van der Waals surface area contributed by atoms with Gasteiger partial charge in [0.1, 0.15) is 0 Å². The first-order chi connectivity index (χ1) is 55.5. The Morgan fingerprint density at radius 1 is 0.123 bits per heavy atom. The van der Waals surface area contributed by atoms with Gasteiger partial charge in [-0.05, 0) is 288 Å². The van der Waals surface area contributed by atoms with Gasteiger partial charge in [-0.2, -0.15) is 0 Å². The molecule has 10 aliphatic rings. The Hall–Kier alpha value is -13.2. The van der Waals surface area contributed by atoms with Crippen LogP contribution < -0.4 is 0 Å². The van der Waals surface area contributed by atoms with Gasteiger partial charge in [0.05, 0.1) is 0 Å². The number of hydrogen-bond acceptors (Lipinski definition) is 10. The smallest absolute Gasteiger partial charge is 0.0470 e. The lowest BCUT2D eigenvalue weighted by molar-refractivity contribution is 0.479. The predicted octanol–water partition coefficient (Wildman–Crippen LogP) is 22.6. The lowest BCUT2D eigenvalue weighted by Gasteiger charge is -2.25. The van der Waals surface area contributed by atoms with Crippen LogP contribution in [0, 0.1) is 55.4 Å². The summed E-state index contributed by atoms with van der Waals surface area (Å²) in [6, 6.07) is 41.4. The summed E-state index contributed by atoms with van der Waals surface area (Å²) in [7, 11) is 0. The maximum absolute atomic E-state index is 2.38. The molecule has 6 aromatic carbocycles. The average Bonchev–Trinajstić information content (AvgIpc) is 0.829. The topological polar surface area (TPSA) is 32.4 Å². The minimum atomic E-state index is 0.741. The molecule has 0 aliphatic carbocycles. The first-order valence-corrected chi connectivity index (χ1v) is 39.9. The first kappa shape index (κ1) is 74.9. The van der Waals surface area contributed by atoms with Crippen molar-refractivity contribution in [3.8, 4) is 0 Å². The fraction of sp³-hybridized carbons (Fsp3) is 0.173. The van der Waals surface area contributed by atoms with Gasteiger partial charge in [0.2, 0.25) is 0 Å². The van der Waals surface area contributed by atoms with Crippen LogP contribution >= 0.6 is 0 Å². The molecule has 16 rings (SSSR count). The Bertz CT molecular complexity index is 5110. The molecule has 0 N–H and O–H groups in total. The highest BCUT2D eigenvalue weighted by molar-refractivity contribution is 5.55. The molecule has 568 valence electrons. The summed E-state index contributed by atoms with van der Waals surface area (Å²) in [6.45, 7) is 25.4. The Labute approximate surface area is 676 Å². The summed E-state index contributed by atoms with van der Waals surface area (Å²) in [4.78, 5) is 22.8. The van der Waals surface area contributed by atoms with Crippen molar-refractivity contribution in [3.63, 3.8) is 0 Å². The molecule has 0 radical (unpaired) electrons. The Morgan fingerprint density at radius 3 is 0.325 bits per heavy atom. The van der Waals surface area contributed by atoms with Gasteiger partial charge in [-0.1, -0.05) is 154 Å². The van der Waals surface area contributed by atoms with Gasteiger partial charge in [0, 0.05) is 189 Å². The summed E-state index contributed by atoms with van der Waals surface area (Å²) >= 11 is 0. The van der Waals surface area contributed by atoms with E-state index in [-0.39, 0.29) is 0 Å². The van der Waals surface area contributed by atoms with Crippen molar-refractivity contribution in [2.24, 2.45) is 0 Å². The molecule has 0 saturated carbocycles. The van der Waals surface area contributed by atoms with E-state index in [1.807, 2.05) is 0 Å². The summed E-state index contributed by atoms with van der Waals surface area (Å²) in [5.41, 5.74) is 35.3. The van der Waals surface area contributed by atoms with Crippen LogP contribution in [-0.2, 0) is 65.4 Å². The number of hydrogen-bond donors (Lipinski definition) is 0. The molecule has 6 aromatic rings. The van der Waals surface area contributed by atoms with Crippen molar-refractivity contribution >= 4 is 0 Å². The van der Waals surface area contributed by atoms with E-state index in [1.165, 1.54) is 156 Å². The number of aryl methyl sites for hydroxylation is 8. The largest absolute Gasteiger partial charge is 0.350 e. The van der Waals surface area contributed by atoms with Crippen molar-refractivity contribution in [1.82, 2.24) is 49.0 Å². The second-order valence-electron chi connectivity index (χ2n) is 31.9. The van der Waals surface area contributed by atoms with Crippen molar-refractivity contribution in [3.05, 3.63) is 511 Å². The summed E-state index contributed by atoms with van der Waals surface area (Å²) in [5, 5.41) is 0. The quantitative estimate of drug-likeness (QED) is 0.0737. The van der Waals surface area contributed by atoms with E-state index in [4.69, 9.17) is 0 Å². The number of allylic oxidation sites excluding steroid dienone is 30. The Kier molecular flexibility index (Phi) is 22.5. The van der Waals surface area contributed by atoms with Crippen LogP contribution in [0.3, 0.4) is 0 Å². The number of nitrogens with zero attached hydrogens (tertiary/aromatic N) is 10. The lowest BCUT2D eigenvalue weighted by atomic mass is 10.0. The lowest BCUT2D eigenvalue weighted by Crippen LogP contribution is -2.17. The molecule has 10 nitrogen and oxygen atoms in total. The van der Waals surface area contributed by atoms with Crippen molar-refractivity contribution < 1.29 is 0 Å². The molecule has 0 unspecified atom stereocenters. The van der Waals surface area contributed by atoms with Crippen molar-refractivity contribution in [1.29, 1.82) is 0 Å². The Balaban J connectivity index is 0.536. The second kappa shape index (κ2) is 34.2. The molecule has 114 heavy (non-hydrogen) atoms. The molecule has 0 aromatic heterocycles. The molecule has 0 amide bonds. The van der Waals surface area contributed by atoms with Gasteiger partial charge in [0.25, 0.3) is 0 Å². The van der Waals surface area contributed by atoms with Crippen LogP contribution in [0.15, 0.2) is 410 Å². The third-order valence-electron chi connectivity index (χ3n) is 21.6. The van der Waals surface area contributed by atoms with Gasteiger partial charge in [-0.15, -0.1) is 0 Å².